The standard InChI is InChI=1S/C16H23FN2/c1-4-13-9-12-8-11(3)15(17)7-6-14(10-12)19-16(13)18-5-2/h4,8,10,14-15H,5-7,9H2,1-3H3,(H,18,19)/b11-8-,13-4-. The Bertz CT molecular complexity index is 457. The lowest BCUT2D eigenvalue weighted by Gasteiger charge is -2.19. The SMILES string of the molecule is C/C=C1/CC2=CC(CCC(F)/C(C)=C\2)N/C1=N/CC. The zero-order chi connectivity index (χ0) is 13.8. The van der Waals surface area contributed by atoms with Crippen LogP contribution in [0.4, 0.5) is 4.39 Å². The average Bonchev–Trinajstić information content (AvgIpc) is 2.55. The van der Waals surface area contributed by atoms with Gasteiger partial charge < -0.3 is 5.32 Å². The predicted octanol–water partition coefficient (Wildman–Crippen LogP) is 3.72. The van der Waals surface area contributed by atoms with E-state index in [2.05, 4.69) is 22.5 Å². The highest BCUT2D eigenvalue weighted by Gasteiger charge is 2.22. The number of aliphatic imine (C=N–C) groups is 1. The Labute approximate surface area is 115 Å². The van der Waals surface area contributed by atoms with Crippen LogP contribution in [0.25, 0.3) is 0 Å². The summed E-state index contributed by atoms with van der Waals surface area (Å²) in [6.07, 6.45) is 7.76. The van der Waals surface area contributed by atoms with Crippen molar-refractivity contribution in [2.24, 2.45) is 4.99 Å². The molecule has 1 aliphatic carbocycles. The largest absolute Gasteiger partial charge is 0.364 e. The van der Waals surface area contributed by atoms with Crippen molar-refractivity contribution in [3.63, 3.8) is 0 Å². The van der Waals surface area contributed by atoms with Gasteiger partial charge in [-0.3, -0.25) is 4.99 Å². The van der Waals surface area contributed by atoms with E-state index in [4.69, 9.17) is 0 Å². The maximum atomic E-state index is 13.9. The summed E-state index contributed by atoms with van der Waals surface area (Å²) < 4.78 is 13.9. The number of allylic oxidation sites excluding steroid dienone is 4. The summed E-state index contributed by atoms with van der Waals surface area (Å²) in [5.74, 6) is 0.976. The molecule has 3 heteroatoms. The normalized spacial score (nSPS) is 34.7. The number of alkyl halides is 1. The number of amidine groups is 1. The van der Waals surface area contributed by atoms with E-state index in [0.29, 0.717) is 6.42 Å². The Morgan fingerprint density at radius 3 is 2.95 bits per heavy atom. The molecule has 2 aliphatic rings. The van der Waals surface area contributed by atoms with Crippen molar-refractivity contribution in [3.05, 3.63) is 34.9 Å². The molecule has 2 rings (SSSR count). The Morgan fingerprint density at radius 1 is 1.47 bits per heavy atom. The van der Waals surface area contributed by atoms with Crippen LogP contribution < -0.4 is 5.32 Å². The number of nitrogens with zero attached hydrogens (tertiary/aromatic N) is 1. The Hall–Kier alpha value is -1.38. The first-order chi connectivity index (χ1) is 9.13. The van der Waals surface area contributed by atoms with Gasteiger partial charge in [0.15, 0.2) is 0 Å². The molecule has 1 heterocycles. The van der Waals surface area contributed by atoms with E-state index in [1.807, 2.05) is 26.8 Å². The van der Waals surface area contributed by atoms with Crippen LogP contribution in [-0.4, -0.2) is 24.6 Å². The van der Waals surface area contributed by atoms with Crippen LogP contribution in [0, 0.1) is 0 Å². The van der Waals surface area contributed by atoms with Gasteiger partial charge >= 0.3 is 0 Å². The Balaban J connectivity index is 2.35. The van der Waals surface area contributed by atoms with E-state index in [-0.39, 0.29) is 6.04 Å². The van der Waals surface area contributed by atoms with Gasteiger partial charge in [0.1, 0.15) is 12.0 Å². The Morgan fingerprint density at radius 2 is 2.26 bits per heavy atom. The topological polar surface area (TPSA) is 24.4 Å². The molecule has 0 spiro atoms. The van der Waals surface area contributed by atoms with Crippen LogP contribution in [-0.2, 0) is 0 Å². The minimum absolute atomic E-state index is 0.195. The first-order valence-corrected chi connectivity index (χ1v) is 7.13. The number of hydrogen-bond donors (Lipinski definition) is 1. The minimum atomic E-state index is -0.813. The highest BCUT2D eigenvalue weighted by atomic mass is 19.1. The summed E-state index contributed by atoms with van der Waals surface area (Å²) in [6.45, 7) is 6.73. The zero-order valence-electron chi connectivity index (χ0n) is 12.0. The highest BCUT2D eigenvalue weighted by Crippen LogP contribution is 2.26. The molecule has 2 bridgehead atoms. The fourth-order valence-electron chi connectivity index (χ4n) is 2.67. The molecule has 0 amide bonds. The quantitative estimate of drug-likeness (QED) is 0.765. The maximum Gasteiger partial charge on any atom is 0.124 e. The second-order valence-corrected chi connectivity index (χ2v) is 5.24. The zero-order valence-corrected chi connectivity index (χ0v) is 12.0. The molecule has 0 aromatic carbocycles. The van der Waals surface area contributed by atoms with Gasteiger partial charge in [-0.1, -0.05) is 18.2 Å². The van der Waals surface area contributed by atoms with Crippen LogP contribution in [0.15, 0.2) is 39.9 Å². The second-order valence-electron chi connectivity index (χ2n) is 5.24. The summed E-state index contributed by atoms with van der Waals surface area (Å²) in [7, 11) is 0. The van der Waals surface area contributed by atoms with Crippen molar-refractivity contribution in [3.8, 4) is 0 Å². The van der Waals surface area contributed by atoms with Crippen molar-refractivity contribution in [2.75, 3.05) is 6.54 Å². The summed E-state index contributed by atoms with van der Waals surface area (Å²) in [5, 5.41) is 3.46. The third-order valence-corrected chi connectivity index (χ3v) is 3.74. The number of rotatable bonds is 1. The predicted molar refractivity (Wildman–Crippen MR) is 79.2 cm³/mol. The molecular weight excluding hydrogens is 239 g/mol. The van der Waals surface area contributed by atoms with Gasteiger partial charge in [-0.25, -0.2) is 4.39 Å². The molecule has 104 valence electrons. The molecule has 1 aliphatic heterocycles. The van der Waals surface area contributed by atoms with E-state index in [0.717, 1.165) is 30.8 Å². The van der Waals surface area contributed by atoms with Gasteiger partial charge in [-0.2, -0.15) is 0 Å². The molecule has 0 saturated heterocycles. The van der Waals surface area contributed by atoms with E-state index < -0.39 is 6.17 Å². The second kappa shape index (κ2) is 6.18. The molecule has 19 heavy (non-hydrogen) atoms. The van der Waals surface area contributed by atoms with Gasteiger partial charge in [-0.05, 0) is 50.3 Å². The van der Waals surface area contributed by atoms with Crippen LogP contribution in [0.3, 0.4) is 0 Å². The molecular formula is C16H23FN2. The van der Waals surface area contributed by atoms with Crippen molar-refractivity contribution in [1.82, 2.24) is 5.32 Å². The van der Waals surface area contributed by atoms with Crippen molar-refractivity contribution in [1.29, 1.82) is 0 Å². The average molecular weight is 262 g/mol. The summed E-state index contributed by atoms with van der Waals surface area (Å²) in [4.78, 5) is 4.55. The number of hydrogen-bond acceptors (Lipinski definition) is 1. The van der Waals surface area contributed by atoms with Crippen LogP contribution in [0.1, 0.15) is 40.0 Å². The van der Waals surface area contributed by atoms with E-state index in [9.17, 15) is 4.39 Å². The van der Waals surface area contributed by atoms with E-state index in [1.54, 1.807) is 0 Å². The molecule has 0 saturated carbocycles. The summed E-state index contributed by atoms with van der Waals surface area (Å²) >= 11 is 0. The number of fused-ring (bicyclic) bond motifs is 1. The fourth-order valence-corrected chi connectivity index (χ4v) is 2.67. The lowest BCUT2D eigenvalue weighted by molar-refractivity contribution is 0.344. The molecule has 0 fully saturated rings. The number of nitrogens with one attached hydrogen (secondary N) is 1. The van der Waals surface area contributed by atoms with Gasteiger partial charge in [-0.15, -0.1) is 0 Å². The van der Waals surface area contributed by atoms with E-state index in [1.165, 1.54) is 11.1 Å². The molecule has 0 radical (unpaired) electrons. The molecule has 0 aromatic rings. The van der Waals surface area contributed by atoms with Crippen molar-refractivity contribution < 1.29 is 4.39 Å². The maximum absolute atomic E-state index is 13.9. The van der Waals surface area contributed by atoms with Crippen LogP contribution in [0.5, 0.6) is 0 Å². The molecule has 2 atom stereocenters. The first kappa shape index (κ1) is 14.0. The van der Waals surface area contributed by atoms with Gasteiger partial charge in [0, 0.05) is 19.0 Å². The monoisotopic (exact) mass is 262 g/mol. The molecule has 2 nitrogen and oxygen atoms in total. The Kier molecular flexibility index (Phi) is 4.56. The van der Waals surface area contributed by atoms with E-state index >= 15 is 0 Å². The van der Waals surface area contributed by atoms with Gasteiger partial charge in [0.2, 0.25) is 0 Å². The van der Waals surface area contributed by atoms with Gasteiger partial charge in [0.25, 0.3) is 0 Å². The number of halogens is 1. The lowest BCUT2D eigenvalue weighted by atomic mass is 9.95. The smallest absolute Gasteiger partial charge is 0.124 e. The van der Waals surface area contributed by atoms with Gasteiger partial charge in [0.05, 0.1) is 0 Å². The molecule has 1 N–H and O–H groups in total. The first-order valence-electron chi connectivity index (χ1n) is 7.13. The van der Waals surface area contributed by atoms with Crippen molar-refractivity contribution in [2.45, 2.75) is 52.2 Å². The highest BCUT2D eigenvalue weighted by molar-refractivity contribution is 5.99. The van der Waals surface area contributed by atoms with Crippen molar-refractivity contribution >= 4 is 5.84 Å². The van der Waals surface area contributed by atoms with Crippen LogP contribution in [0.2, 0.25) is 0 Å². The minimum Gasteiger partial charge on any atom is -0.364 e. The summed E-state index contributed by atoms with van der Waals surface area (Å²) in [5.41, 5.74) is 3.25. The molecule has 2 unspecified atom stereocenters. The third kappa shape index (κ3) is 3.34. The molecule has 0 aromatic heterocycles. The fraction of sp³-hybridized carbons (Fsp3) is 0.562. The summed E-state index contributed by atoms with van der Waals surface area (Å²) in [6, 6.07) is 0.195. The third-order valence-electron chi connectivity index (χ3n) is 3.74. The van der Waals surface area contributed by atoms with Crippen LogP contribution >= 0.6 is 0 Å². The lowest BCUT2D eigenvalue weighted by Crippen LogP contribution is -2.34.